The second kappa shape index (κ2) is 5.86. The van der Waals surface area contributed by atoms with Crippen LogP contribution in [0.5, 0.6) is 0 Å². The minimum absolute atomic E-state index is 0.378. The Morgan fingerprint density at radius 1 is 1.33 bits per heavy atom. The molecule has 0 aliphatic rings. The summed E-state index contributed by atoms with van der Waals surface area (Å²) < 4.78 is 0. The van der Waals surface area contributed by atoms with Crippen LogP contribution >= 0.6 is 0 Å². The highest BCUT2D eigenvalue weighted by Gasteiger charge is 2.13. The molecule has 1 heterocycles. The molecular formula is C13H22N2. The third kappa shape index (κ3) is 3.63. The zero-order valence-corrected chi connectivity index (χ0v) is 10.2. The largest absolute Gasteiger partial charge is 0.307 e. The number of nitrogens with zero attached hydrogens (tertiary/aromatic N) is 1. The van der Waals surface area contributed by atoms with Crippen molar-refractivity contribution in [1.29, 1.82) is 0 Å². The monoisotopic (exact) mass is 206 g/mol. The molecule has 0 aromatic carbocycles. The van der Waals surface area contributed by atoms with Crippen molar-refractivity contribution in [3.05, 3.63) is 30.1 Å². The maximum absolute atomic E-state index is 4.14. The van der Waals surface area contributed by atoms with Crippen LogP contribution in [0.15, 0.2) is 24.5 Å². The van der Waals surface area contributed by atoms with Crippen molar-refractivity contribution in [3.63, 3.8) is 0 Å². The van der Waals surface area contributed by atoms with Gasteiger partial charge >= 0.3 is 0 Å². The summed E-state index contributed by atoms with van der Waals surface area (Å²) in [5.74, 6) is 0.712. The fourth-order valence-electron chi connectivity index (χ4n) is 1.64. The van der Waals surface area contributed by atoms with Gasteiger partial charge in [0.2, 0.25) is 0 Å². The molecule has 0 aliphatic heterocycles. The van der Waals surface area contributed by atoms with Gasteiger partial charge in [0.05, 0.1) is 0 Å². The van der Waals surface area contributed by atoms with Crippen molar-refractivity contribution < 1.29 is 0 Å². The van der Waals surface area contributed by atoms with Gasteiger partial charge in [0.1, 0.15) is 0 Å². The lowest BCUT2D eigenvalue weighted by molar-refractivity contribution is 0.360. The molecule has 15 heavy (non-hydrogen) atoms. The number of hydrogen-bond donors (Lipinski definition) is 1. The summed E-state index contributed by atoms with van der Waals surface area (Å²) in [5.41, 5.74) is 1.26. The van der Waals surface area contributed by atoms with Gasteiger partial charge in [0.25, 0.3) is 0 Å². The molecule has 0 amide bonds. The Balaban J connectivity index is 2.52. The van der Waals surface area contributed by atoms with Crippen LogP contribution in [0, 0.1) is 5.92 Å². The highest BCUT2D eigenvalue weighted by molar-refractivity contribution is 5.12. The van der Waals surface area contributed by atoms with Crippen molar-refractivity contribution in [2.45, 2.75) is 46.2 Å². The maximum atomic E-state index is 4.14. The molecule has 0 saturated carbocycles. The third-order valence-electron chi connectivity index (χ3n) is 3.19. The van der Waals surface area contributed by atoms with Crippen LogP contribution in [-0.2, 0) is 0 Å². The topological polar surface area (TPSA) is 24.9 Å². The number of nitrogens with one attached hydrogen (secondary N) is 1. The summed E-state index contributed by atoms with van der Waals surface area (Å²) >= 11 is 0. The smallest absolute Gasteiger partial charge is 0.0315 e. The minimum Gasteiger partial charge on any atom is -0.307 e. The molecule has 3 atom stereocenters. The molecule has 3 unspecified atom stereocenters. The van der Waals surface area contributed by atoms with Crippen LogP contribution in [-0.4, -0.2) is 11.0 Å². The Labute approximate surface area is 93.1 Å². The molecule has 0 bridgehead atoms. The molecule has 0 fully saturated rings. The zero-order valence-electron chi connectivity index (χ0n) is 10.2. The fourth-order valence-corrected chi connectivity index (χ4v) is 1.64. The SMILES string of the molecule is CCC(C)C(C)NC(C)c1cccnc1. The predicted molar refractivity (Wildman–Crippen MR) is 64.7 cm³/mol. The van der Waals surface area contributed by atoms with Crippen LogP contribution < -0.4 is 5.32 Å². The molecule has 2 heteroatoms. The quantitative estimate of drug-likeness (QED) is 0.800. The van der Waals surface area contributed by atoms with Gasteiger partial charge in [-0.25, -0.2) is 0 Å². The van der Waals surface area contributed by atoms with Crippen LogP contribution in [0.4, 0.5) is 0 Å². The zero-order chi connectivity index (χ0) is 11.3. The molecule has 84 valence electrons. The van der Waals surface area contributed by atoms with E-state index in [0.29, 0.717) is 18.0 Å². The number of hydrogen-bond acceptors (Lipinski definition) is 2. The van der Waals surface area contributed by atoms with E-state index in [4.69, 9.17) is 0 Å². The summed E-state index contributed by atoms with van der Waals surface area (Å²) in [4.78, 5) is 4.14. The average molecular weight is 206 g/mol. The summed E-state index contributed by atoms with van der Waals surface area (Å²) in [6.45, 7) is 8.96. The molecule has 0 spiro atoms. The molecule has 0 saturated heterocycles. The Hall–Kier alpha value is -0.890. The van der Waals surface area contributed by atoms with E-state index in [-0.39, 0.29) is 0 Å². The van der Waals surface area contributed by atoms with E-state index in [9.17, 15) is 0 Å². The Morgan fingerprint density at radius 3 is 2.60 bits per heavy atom. The highest BCUT2D eigenvalue weighted by Crippen LogP contribution is 2.14. The van der Waals surface area contributed by atoms with Crippen molar-refractivity contribution in [3.8, 4) is 0 Å². The van der Waals surface area contributed by atoms with Gasteiger partial charge in [-0.1, -0.05) is 26.3 Å². The van der Waals surface area contributed by atoms with Crippen LogP contribution in [0.1, 0.15) is 45.7 Å². The van der Waals surface area contributed by atoms with E-state index in [1.165, 1.54) is 12.0 Å². The predicted octanol–water partition coefficient (Wildman–Crippen LogP) is 3.17. The molecule has 0 aliphatic carbocycles. The first-order valence-corrected chi connectivity index (χ1v) is 5.81. The Kier molecular flexibility index (Phi) is 4.76. The molecule has 1 aromatic rings. The molecule has 1 rings (SSSR count). The van der Waals surface area contributed by atoms with Gasteiger partial charge in [-0.15, -0.1) is 0 Å². The van der Waals surface area contributed by atoms with Crippen LogP contribution in [0.25, 0.3) is 0 Å². The Bertz CT molecular complexity index is 271. The van der Waals surface area contributed by atoms with Gasteiger partial charge < -0.3 is 5.32 Å². The van der Waals surface area contributed by atoms with Gasteiger partial charge in [-0.05, 0) is 31.4 Å². The average Bonchev–Trinajstić information content (AvgIpc) is 2.29. The van der Waals surface area contributed by atoms with Crippen molar-refractivity contribution in [2.75, 3.05) is 0 Å². The van der Waals surface area contributed by atoms with E-state index in [1.807, 2.05) is 18.5 Å². The first-order valence-electron chi connectivity index (χ1n) is 5.81. The lowest BCUT2D eigenvalue weighted by atomic mass is 9.99. The van der Waals surface area contributed by atoms with E-state index in [0.717, 1.165) is 0 Å². The molecule has 2 nitrogen and oxygen atoms in total. The van der Waals surface area contributed by atoms with E-state index < -0.39 is 0 Å². The summed E-state index contributed by atoms with van der Waals surface area (Å²) in [6.07, 6.45) is 4.96. The Morgan fingerprint density at radius 2 is 2.07 bits per heavy atom. The minimum atomic E-state index is 0.378. The fraction of sp³-hybridized carbons (Fsp3) is 0.615. The number of rotatable bonds is 5. The van der Waals surface area contributed by atoms with Gasteiger partial charge in [0, 0.05) is 24.5 Å². The van der Waals surface area contributed by atoms with Gasteiger partial charge in [-0.2, -0.15) is 0 Å². The van der Waals surface area contributed by atoms with E-state index in [2.05, 4.69) is 44.1 Å². The first-order chi connectivity index (χ1) is 7.15. The normalized spacial score (nSPS) is 17.1. The van der Waals surface area contributed by atoms with Crippen LogP contribution in [0.2, 0.25) is 0 Å². The molecule has 0 radical (unpaired) electrons. The first kappa shape index (κ1) is 12.2. The third-order valence-corrected chi connectivity index (χ3v) is 3.19. The van der Waals surface area contributed by atoms with Crippen LogP contribution in [0.3, 0.4) is 0 Å². The van der Waals surface area contributed by atoms with E-state index in [1.54, 1.807) is 0 Å². The maximum Gasteiger partial charge on any atom is 0.0315 e. The van der Waals surface area contributed by atoms with Gasteiger partial charge in [-0.3, -0.25) is 4.98 Å². The molecular weight excluding hydrogens is 184 g/mol. The standard InChI is InChI=1S/C13H22N2/c1-5-10(2)11(3)15-12(4)13-7-6-8-14-9-13/h6-12,15H,5H2,1-4H3. The summed E-state index contributed by atoms with van der Waals surface area (Å²) in [7, 11) is 0. The molecule has 1 N–H and O–H groups in total. The van der Waals surface area contributed by atoms with Crippen molar-refractivity contribution in [2.24, 2.45) is 5.92 Å². The van der Waals surface area contributed by atoms with Crippen molar-refractivity contribution >= 4 is 0 Å². The number of aromatic nitrogens is 1. The molecule has 1 aromatic heterocycles. The lowest BCUT2D eigenvalue weighted by Crippen LogP contribution is -2.33. The number of pyridine rings is 1. The second-order valence-corrected chi connectivity index (χ2v) is 4.35. The highest BCUT2D eigenvalue weighted by atomic mass is 14.9. The lowest BCUT2D eigenvalue weighted by Gasteiger charge is -2.24. The van der Waals surface area contributed by atoms with E-state index >= 15 is 0 Å². The van der Waals surface area contributed by atoms with Gasteiger partial charge in [0.15, 0.2) is 0 Å². The second-order valence-electron chi connectivity index (χ2n) is 4.35. The summed E-state index contributed by atoms with van der Waals surface area (Å²) in [5, 5.41) is 3.61. The van der Waals surface area contributed by atoms with Crippen molar-refractivity contribution in [1.82, 2.24) is 10.3 Å². The summed E-state index contributed by atoms with van der Waals surface area (Å²) in [6, 6.07) is 5.03.